The van der Waals surface area contributed by atoms with Crippen molar-refractivity contribution in [2.45, 2.75) is 50.5 Å². The Morgan fingerprint density at radius 1 is 1.31 bits per heavy atom. The van der Waals surface area contributed by atoms with E-state index < -0.39 is 10.0 Å². The van der Waals surface area contributed by atoms with Crippen molar-refractivity contribution in [2.75, 3.05) is 11.9 Å². The van der Waals surface area contributed by atoms with Gasteiger partial charge in [-0.15, -0.1) is 0 Å². The van der Waals surface area contributed by atoms with Crippen LogP contribution >= 0.6 is 0 Å². The highest BCUT2D eigenvalue weighted by Crippen LogP contribution is 2.27. The topological polar surface area (TPSA) is 92.5 Å². The summed E-state index contributed by atoms with van der Waals surface area (Å²) in [7, 11) is -3.55. The zero-order valence-electron chi connectivity index (χ0n) is 14.9. The molecule has 0 saturated carbocycles. The van der Waals surface area contributed by atoms with Crippen molar-refractivity contribution < 1.29 is 17.7 Å². The van der Waals surface area contributed by atoms with Crippen LogP contribution in [-0.2, 0) is 10.0 Å². The lowest BCUT2D eigenvalue weighted by Gasteiger charge is -2.34. The van der Waals surface area contributed by atoms with Crippen LogP contribution in [0.15, 0.2) is 39.8 Å². The average Bonchev–Trinajstić information content (AvgIpc) is 3.06. The van der Waals surface area contributed by atoms with Gasteiger partial charge in [0.15, 0.2) is 5.82 Å². The van der Waals surface area contributed by atoms with Crippen molar-refractivity contribution in [2.24, 2.45) is 0 Å². The molecule has 0 spiro atoms. The van der Waals surface area contributed by atoms with Crippen LogP contribution in [0.4, 0.5) is 5.82 Å². The zero-order valence-corrected chi connectivity index (χ0v) is 15.8. The van der Waals surface area contributed by atoms with Crippen molar-refractivity contribution in [1.82, 2.24) is 9.46 Å². The first-order valence-electron chi connectivity index (χ1n) is 8.78. The quantitative estimate of drug-likeness (QED) is 0.864. The van der Waals surface area contributed by atoms with E-state index in [4.69, 9.17) is 4.52 Å². The van der Waals surface area contributed by atoms with Gasteiger partial charge < -0.3 is 9.84 Å². The molecule has 1 aromatic carbocycles. The van der Waals surface area contributed by atoms with E-state index in [0.717, 1.165) is 25.7 Å². The van der Waals surface area contributed by atoms with Crippen LogP contribution < -0.4 is 5.32 Å². The number of aromatic nitrogens is 1. The Labute approximate surface area is 153 Å². The molecule has 7 nitrogen and oxygen atoms in total. The fourth-order valence-corrected chi connectivity index (χ4v) is 4.99. The van der Waals surface area contributed by atoms with Gasteiger partial charge in [-0.25, -0.2) is 8.42 Å². The maximum atomic E-state index is 12.9. The number of sulfonamides is 1. The SMILES string of the molecule is CCC1CCCCN1S(=O)(=O)c1ccc(C(=O)Nc2cc(C)on2)cc1. The van der Waals surface area contributed by atoms with Gasteiger partial charge in [-0.05, 0) is 50.5 Å². The van der Waals surface area contributed by atoms with Gasteiger partial charge in [0.1, 0.15) is 5.76 Å². The summed E-state index contributed by atoms with van der Waals surface area (Å²) in [5.41, 5.74) is 0.357. The first-order valence-corrected chi connectivity index (χ1v) is 10.2. The highest BCUT2D eigenvalue weighted by molar-refractivity contribution is 7.89. The summed E-state index contributed by atoms with van der Waals surface area (Å²) < 4.78 is 32.4. The molecule has 140 valence electrons. The van der Waals surface area contributed by atoms with Crippen LogP contribution in [0.1, 0.15) is 48.7 Å². The summed E-state index contributed by atoms with van der Waals surface area (Å²) in [5, 5.41) is 6.32. The molecular weight excluding hydrogens is 354 g/mol. The molecule has 8 heteroatoms. The molecule has 1 atom stereocenters. The van der Waals surface area contributed by atoms with Crippen molar-refractivity contribution in [3.63, 3.8) is 0 Å². The largest absolute Gasteiger partial charge is 0.360 e. The van der Waals surface area contributed by atoms with Crippen molar-refractivity contribution in [3.05, 3.63) is 41.7 Å². The van der Waals surface area contributed by atoms with Crippen molar-refractivity contribution in [1.29, 1.82) is 0 Å². The third-order valence-electron chi connectivity index (χ3n) is 4.64. The van der Waals surface area contributed by atoms with Crippen LogP contribution in [0.5, 0.6) is 0 Å². The second-order valence-electron chi connectivity index (χ2n) is 6.47. The number of carbonyl (C=O) groups is 1. The second-order valence-corrected chi connectivity index (χ2v) is 8.37. The van der Waals surface area contributed by atoms with Crippen LogP contribution in [0, 0.1) is 6.92 Å². The van der Waals surface area contributed by atoms with Gasteiger partial charge in [-0.3, -0.25) is 4.79 Å². The van der Waals surface area contributed by atoms with Crippen LogP contribution in [0.3, 0.4) is 0 Å². The summed E-state index contributed by atoms with van der Waals surface area (Å²) >= 11 is 0. The molecule has 1 N–H and O–H groups in total. The third-order valence-corrected chi connectivity index (χ3v) is 6.60. The number of nitrogens with zero attached hydrogens (tertiary/aromatic N) is 2. The van der Waals surface area contributed by atoms with Crippen LogP contribution in [-0.4, -0.2) is 36.4 Å². The normalized spacial score (nSPS) is 18.6. The van der Waals surface area contributed by atoms with Gasteiger partial charge in [-0.1, -0.05) is 18.5 Å². The standard InChI is InChI=1S/C18H23N3O4S/c1-3-15-6-4-5-11-21(15)26(23,24)16-9-7-14(8-10-16)18(22)19-17-12-13(2)25-20-17/h7-10,12,15H,3-6,11H2,1-2H3,(H,19,20,22). The summed E-state index contributed by atoms with van der Waals surface area (Å²) in [6.45, 7) is 4.29. The molecule has 2 heterocycles. The molecule has 1 saturated heterocycles. The molecule has 0 radical (unpaired) electrons. The maximum Gasteiger partial charge on any atom is 0.256 e. The maximum absolute atomic E-state index is 12.9. The molecule has 1 aliphatic heterocycles. The summed E-state index contributed by atoms with van der Waals surface area (Å²) in [4.78, 5) is 12.4. The number of piperidine rings is 1. The molecule has 3 rings (SSSR count). The average molecular weight is 377 g/mol. The van der Waals surface area contributed by atoms with Gasteiger partial charge in [0.25, 0.3) is 5.91 Å². The Kier molecular flexibility index (Phi) is 5.43. The summed E-state index contributed by atoms with van der Waals surface area (Å²) in [6.07, 6.45) is 3.64. The fourth-order valence-electron chi connectivity index (χ4n) is 3.23. The van der Waals surface area contributed by atoms with E-state index in [1.54, 1.807) is 17.3 Å². The molecule has 1 aromatic heterocycles. The van der Waals surface area contributed by atoms with E-state index in [2.05, 4.69) is 10.5 Å². The first-order chi connectivity index (χ1) is 12.4. The Morgan fingerprint density at radius 3 is 2.65 bits per heavy atom. The molecule has 1 unspecified atom stereocenters. The highest BCUT2D eigenvalue weighted by atomic mass is 32.2. The molecule has 2 aromatic rings. The van der Waals surface area contributed by atoms with Crippen molar-refractivity contribution in [3.8, 4) is 0 Å². The summed E-state index contributed by atoms with van der Waals surface area (Å²) in [5.74, 6) is 0.545. The Hall–Kier alpha value is -2.19. The number of nitrogens with one attached hydrogen (secondary N) is 1. The minimum absolute atomic E-state index is 0.0483. The fraction of sp³-hybridized carbons (Fsp3) is 0.444. The molecule has 1 aliphatic rings. The van der Waals surface area contributed by atoms with E-state index in [-0.39, 0.29) is 16.8 Å². The Bertz CT molecular complexity index is 874. The number of aryl methyl sites for hydroxylation is 1. The monoisotopic (exact) mass is 377 g/mol. The van der Waals surface area contributed by atoms with E-state index >= 15 is 0 Å². The molecule has 1 fully saturated rings. The van der Waals surface area contributed by atoms with Crippen LogP contribution in [0.25, 0.3) is 0 Å². The number of benzene rings is 1. The van der Waals surface area contributed by atoms with E-state index in [1.165, 1.54) is 24.3 Å². The lowest BCUT2D eigenvalue weighted by Crippen LogP contribution is -2.43. The van der Waals surface area contributed by atoms with E-state index in [1.807, 2.05) is 6.92 Å². The number of hydrogen-bond donors (Lipinski definition) is 1. The minimum atomic E-state index is -3.55. The van der Waals surface area contributed by atoms with Gasteiger partial charge >= 0.3 is 0 Å². The van der Waals surface area contributed by atoms with Gasteiger partial charge in [0, 0.05) is 24.2 Å². The second kappa shape index (κ2) is 7.59. The highest BCUT2D eigenvalue weighted by Gasteiger charge is 2.32. The zero-order chi connectivity index (χ0) is 18.7. The smallest absolute Gasteiger partial charge is 0.256 e. The van der Waals surface area contributed by atoms with Gasteiger partial charge in [0.05, 0.1) is 4.90 Å². The number of hydrogen-bond acceptors (Lipinski definition) is 5. The lowest BCUT2D eigenvalue weighted by molar-refractivity contribution is 0.102. The number of rotatable bonds is 5. The number of amides is 1. The molecular formula is C18H23N3O4S. The number of anilines is 1. The molecule has 0 bridgehead atoms. The van der Waals surface area contributed by atoms with E-state index in [9.17, 15) is 13.2 Å². The Morgan fingerprint density at radius 2 is 2.04 bits per heavy atom. The summed E-state index contributed by atoms with van der Waals surface area (Å²) in [6, 6.07) is 7.66. The first kappa shape index (κ1) is 18.6. The predicted octanol–water partition coefficient (Wildman–Crippen LogP) is 3.19. The Balaban J connectivity index is 1.76. The lowest BCUT2D eigenvalue weighted by atomic mass is 10.0. The van der Waals surface area contributed by atoms with Crippen LogP contribution in [0.2, 0.25) is 0 Å². The molecule has 26 heavy (non-hydrogen) atoms. The van der Waals surface area contributed by atoms with E-state index in [0.29, 0.717) is 23.7 Å². The van der Waals surface area contributed by atoms with Crippen molar-refractivity contribution >= 4 is 21.7 Å². The minimum Gasteiger partial charge on any atom is -0.360 e. The van der Waals surface area contributed by atoms with Gasteiger partial charge in [-0.2, -0.15) is 4.31 Å². The molecule has 1 amide bonds. The molecule has 0 aliphatic carbocycles. The number of carbonyl (C=O) groups excluding carboxylic acids is 1. The van der Waals surface area contributed by atoms with Gasteiger partial charge in [0.2, 0.25) is 10.0 Å². The predicted molar refractivity (Wildman–Crippen MR) is 97.5 cm³/mol. The third kappa shape index (κ3) is 3.81.